The number of piperazine rings is 1. The van der Waals surface area contributed by atoms with Crippen molar-refractivity contribution in [1.29, 1.82) is 0 Å². The molecule has 11 nitrogen and oxygen atoms in total. The van der Waals surface area contributed by atoms with Crippen LogP contribution in [0.5, 0.6) is 0 Å². The van der Waals surface area contributed by atoms with Crippen molar-refractivity contribution in [2.24, 2.45) is 7.05 Å². The van der Waals surface area contributed by atoms with Crippen molar-refractivity contribution in [3.8, 4) is 23.4 Å². The van der Waals surface area contributed by atoms with Crippen LogP contribution in [-0.4, -0.2) is 78.3 Å². The summed E-state index contributed by atoms with van der Waals surface area (Å²) in [5.41, 5.74) is 7.32. The zero-order valence-electron chi connectivity index (χ0n) is 17.4. The Labute approximate surface area is 177 Å². The number of fused-ring (bicyclic) bond motifs is 3. The van der Waals surface area contributed by atoms with Crippen LogP contribution < -0.4 is 11.4 Å². The van der Waals surface area contributed by atoms with Gasteiger partial charge in [-0.2, -0.15) is 9.50 Å². The Hall–Kier alpha value is -3.62. The Morgan fingerprint density at radius 2 is 1.87 bits per heavy atom. The second-order valence-corrected chi connectivity index (χ2v) is 7.65. The number of rotatable bonds is 3. The lowest BCUT2D eigenvalue weighted by atomic mass is 10.3. The molecule has 0 aliphatic carbocycles. The van der Waals surface area contributed by atoms with Crippen molar-refractivity contribution in [2.45, 2.75) is 6.54 Å². The SMILES string of the molecule is CN1CCN(CC#CCn2c(=O)n(C)c3c2nc(N)n2nc(-c4ccco4)nc32)CC1. The van der Waals surface area contributed by atoms with Crippen LogP contribution in [0.1, 0.15) is 0 Å². The summed E-state index contributed by atoms with van der Waals surface area (Å²) >= 11 is 0. The van der Waals surface area contributed by atoms with E-state index in [4.69, 9.17) is 10.2 Å². The summed E-state index contributed by atoms with van der Waals surface area (Å²) in [6.07, 6.45) is 1.55. The molecule has 4 aromatic heterocycles. The average molecular weight is 421 g/mol. The molecule has 0 radical (unpaired) electrons. The van der Waals surface area contributed by atoms with Crippen molar-refractivity contribution >= 4 is 22.8 Å². The average Bonchev–Trinajstić information content (AvgIpc) is 3.48. The first kappa shape index (κ1) is 19.3. The van der Waals surface area contributed by atoms with Crippen LogP contribution in [0.25, 0.3) is 28.4 Å². The molecular weight excluding hydrogens is 398 g/mol. The number of likely N-dealkylation sites (N-methyl/N-ethyl adjacent to an activating group) is 1. The van der Waals surface area contributed by atoms with Crippen molar-refractivity contribution in [2.75, 3.05) is 45.5 Å². The predicted octanol–water partition coefficient (Wildman–Crippen LogP) is -0.129. The summed E-state index contributed by atoms with van der Waals surface area (Å²) in [7, 11) is 3.80. The summed E-state index contributed by atoms with van der Waals surface area (Å²) in [4.78, 5) is 26.5. The van der Waals surface area contributed by atoms with E-state index in [0.29, 0.717) is 34.9 Å². The van der Waals surface area contributed by atoms with Gasteiger partial charge in [0.05, 0.1) is 19.4 Å². The van der Waals surface area contributed by atoms with E-state index in [-0.39, 0.29) is 18.2 Å². The highest BCUT2D eigenvalue weighted by Crippen LogP contribution is 2.22. The number of nitrogen functional groups attached to an aromatic ring is 1. The van der Waals surface area contributed by atoms with Gasteiger partial charge in [-0.05, 0) is 19.2 Å². The van der Waals surface area contributed by atoms with E-state index < -0.39 is 0 Å². The summed E-state index contributed by atoms with van der Waals surface area (Å²) in [5, 5.41) is 4.38. The zero-order chi connectivity index (χ0) is 21.5. The Morgan fingerprint density at radius 1 is 1.10 bits per heavy atom. The van der Waals surface area contributed by atoms with Gasteiger partial charge in [0.25, 0.3) is 0 Å². The quantitative estimate of drug-likeness (QED) is 0.455. The van der Waals surface area contributed by atoms with Crippen LogP contribution in [-0.2, 0) is 13.6 Å². The number of anilines is 1. The van der Waals surface area contributed by atoms with E-state index in [2.05, 4.69) is 43.8 Å². The first-order chi connectivity index (χ1) is 15.0. The Morgan fingerprint density at radius 3 is 2.61 bits per heavy atom. The van der Waals surface area contributed by atoms with Crippen molar-refractivity contribution in [1.82, 2.24) is 38.5 Å². The van der Waals surface area contributed by atoms with Gasteiger partial charge in [0.15, 0.2) is 17.1 Å². The molecule has 1 fully saturated rings. The topological polar surface area (TPSA) is 116 Å². The maximum Gasteiger partial charge on any atom is 0.331 e. The molecule has 4 aromatic rings. The first-order valence-corrected chi connectivity index (χ1v) is 10.0. The molecule has 1 saturated heterocycles. The highest BCUT2D eigenvalue weighted by atomic mass is 16.3. The number of imidazole rings is 1. The number of nitrogens with zero attached hydrogens (tertiary/aromatic N) is 8. The molecule has 0 bridgehead atoms. The van der Waals surface area contributed by atoms with Gasteiger partial charge in [-0.3, -0.25) is 14.0 Å². The number of hydrogen-bond donors (Lipinski definition) is 1. The molecule has 1 aliphatic heterocycles. The molecule has 0 atom stereocenters. The van der Waals surface area contributed by atoms with Crippen LogP contribution in [0.15, 0.2) is 27.6 Å². The Balaban J connectivity index is 1.49. The molecule has 2 N–H and O–H groups in total. The third-order valence-electron chi connectivity index (χ3n) is 5.58. The first-order valence-electron chi connectivity index (χ1n) is 10.0. The third-order valence-corrected chi connectivity index (χ3v) is 5.58. The van der Waals surface area contributed by atoms with Crippen LogP contribution in [0.2, 0.25) is 0 Å². The van der Waals surface area contributed by atoms with Gasteiger partial charge >= 0.3 is 5.69 Å². The zero-order valence-corrected chi connectivity index (χ0v) is 17.4. The van der Waals surface area contributed by atoms with Gasteiger partial charge in [-0.15, -0.1) is 5.10 Å². The molecule has 0 saturated carbocycles. The lowest BCUT2D eigenvalue weighted by Gasteiger charge is -2.30. The summed E-state index contributed by atoms with van der Waals surface area (Å²) in [6.45, 7) is 5.00. The summed E-state index contributed by atoms with van der Waals surface area (Å²) in [6, 6.07) is 3.51. The van der Waals surface area contributed by atoms with Crippen molar-refractivity contribution < 1.29 is 4.42 Å². The number of aromatic nitrogens is 6. The minimum atomic E-state index is -0.230. The maximum atomic E-state index is 12.9. The summed E-state index contributed by atoms with van der Waals surface area (Å²) < 4.78 is 9.82. The fraction of sp³-hybridized carbons (Fsp3) is 0.400. The molecule has 11 heteroatoms. The maximum absolute atomic E-state index is 12.9. The number of nitrogens with two attached hydrogens (primary N) is 1. The molecule has 31 heavy (non-hydrogen) atoms. The lowest BCUT2D eigenvalue weighted by Crippen LogP contribution is -2.44. The van der Waals surface area contributed by atoms with Gasteiger partial charge in [0.1, 0.15) is 5.52 Å². The lowest BCUT2D eigenvalue weighted by molar-refractivity contribution is 0.168. The third kappa shape index (κ3) is 3.35. The van der Waals surface area contributed by atoms with E-state index in [0.717, 1.165) is 26.2 Å². The number of furan rings is 1. The van der Waals surface area contributed by atoms with E-state index in [1.165, 1.54) is 13.6 Å². The van der Waals surface area contributed by atoms with E-state index in [9.17, 15) is 4.79 Å². The smallest absolute Gasteiger partial charge is 0.331 e. The number of hydrogen-bond acceptors (Lipinski definition) is 8. The minimum Gasteiger partial charge on any atom is -0.461 e. The molecule has 0 amide bonds. The molecule has 0 unspecified atom stereocenters. The number of aryl methyl sites for hydroxylation is 1. The minimum absolute atomic E-state index is 0.137. The van der Waals surface area contributed by atoms with Gasteiger partial charge in [0.2, 0.25) is 11.8 Å². The van der Waals surface area contributed by atoms with Crippen LogP contribution in [0.3, 0.4) is 0 Å². The summed E-state index contributed by atoms with van der Waals surface area (Å²) in [5.74, 6) is 7.30. The highest BCUT2D eigenvalue weighted by Gasteiger charge is 2.21. The molecular formula is C20H23N9O2. The van der Waals surface area contributed by atoms with Crippen molar-refractivity contribution in [3.05, 3.63) is 28.9 Å². The highest BCUT2D eigenvalue weighted by molar-refractivity contribution is 5.88. The standard InChI is InChI=1S/C20H23N9O2/c1-25-9-11-27(12-10-25)7-3-4-8-28-17-15(26(2)20(28)30)18-22-16(14-6-5-13-31-14)24-29(18)19(21)23-17/h5-6,13H,7-12H2,1-2H3,(H2,21,23). The molecule has 1 aliphatic rings. The molecule has 0 spiro atoms. The monoisotopic (exact) mass is 421 g/mol. The second kappa shape index (κ2) is 7.57. The van der Waals surface area contributed by atoms with Gasteiger partial charge in [-0.25, -0.2) is 9.78 Å². The van der Waals surface area contributed by atoms with Crippen molar-refractivity contribution in [3.63, 3.8) is 0 Å². The Bertz CT molecular complexity index is 1360. The van der Waals surface area contributed by atoms with E-state index in [1.807, 2.05) is 0 Å². The fourth-order valence-electron chi connectivity index (χ4n) is 3.75. The molecule has 0 aromatic carbocycles. The largest absolute Gasteiger partial charge is 0.461 e. The van der Waals surface area contributed by atoms with Crippen LogP contribution >= 0.6 is 0 Å². The normalized spacial score (nSPS) is 15.5. The molecule has 5 heterocycles. The Kier molecular flexibility index (Phi) is 4.72. The van der Waals surface area contributed by atoms with Gasteiger partial charge in [-0.1, -0.05) is 11.8 Å². The molecule has 5 rings (SSSR count). The molecule has 160 valence electrons. The van der Waals surface area contributed by atoms with E-state index in [1.54, 1.807) is 25.4 Å². The predicted molar refractivity (Wildman–Crippen MR) is 115 cm³/mol. The fourth-order valence-corrected chi connectivity index (χ4v) is 3.75. The van der Waals surface area contributed by atoms with Gasteiger partial charge in [0, 0.05) is 33.2 Å². The van der Waals surface area contributed by atoms with E-state index >= 15 is 0 Å². The van der Waals surface area contributed by atoms with Crippen LogP contribution in [0.4, 0.5) is 5.95 Å². The second-order valence-electron chi connectivity index (χ2n) is 7.65. The van der Waals surface area contributed by atoms with Gasteiger partial charge < -0.3 is 15.1 Å². The van der Waals surface area contributed by atoms with Crippen LogP contribution in [0, 0.1) is 11.8 Å².